The summed E-state index contributed by atoms with van der Waals surface area (Å²) in [6.45, 7) is 0. The van der Waals surface area contributed by atoms with Gasteiger partial charge in [-0.15, -0.1) is 0 Å². The summed E-state index contributed by atoms with van der Waals surface area (Å²) in [6.07, 6.45) is 1.72. The SMILES string of the molecule is c1ccc2c(c1)oc1c(-c3c4ccccc4c(-c4ccc5c(c4)oc4c6ccoc6ccc54)c4ccccc34)cccc12. The van der Waals surface area contributed by atoms with Gasteiger partial charge in [0.15, 0.2) is 0 Å². The smallest absolute Gasteiger partial charge is 0.146 e. The summed E-state index contributed by atoms with van der Waals surface area (Å²) >= 11 is 0. The quantitative estimate of drug-likeness (QED) is 0.201. The lowest BCUT2D eigenvalue weighted by molar-refractivity contribution is 0.615. The van der Waals surface area contributed by atoms with Gasteiger partial charge in [-0.2, -0.15) is 0 Å². The minimum Gasteiger partial charge on any atom is -0.464 e. The van der Waals surface area contributed by atoms with Crippen molar-refractivity contribution in [1.82, 2.24) is 0 Å². The minimum atomic E-state index is 0.832. The molecule has 3 aromatic heterocycles. The molecule has 0 fully saturated rings. The van der Waals surface area contributed by atoms with E-state index in [2.05, 4.69) is 103 Å². The number of furan rings is 3. The van der Waals surface area contributed by atoms with Gasteiger partial charge < -0.3 is 13.3 Å². The van der Waals surface area contributed by atoms with Crippen LogP contribution in [0.3, 0.4) is 0 Å². The molecule has 3 nitrogen and oxygen atoms in total. The zero-order chi connectivity index (χ0) is 28.1. The predicted octanol–water partition coefficient (Wildman–Crippen LogP) is 11.9. The highest BCUT2D eigenvalue weighted by atomic mass is 16.3. The Kier molecular flexibility index (Phi) is 4.45. The molecule has 0 unspecified atom stereocenters. The van der Waals surface area contributed by atoms with Crippen molar-refractivity contribution in [2.75, 3.05) is 0 Å². The molecule has 3 heterocycles. The maximum Gasteiger partial charge on any atom is 0.146 e. The molecular formula is C40H22O3. The molecule has 43 heavy (non-hydrogen) atoms. The summed E-state index contributed by atoms with van der Waals surface area (Å²) in [5.74, 6) is 0. The van der Waals surface area contributed by atoms with E-state index in [1.54, 1.807) is 6.26 Å². The third-order valence-electron chi connectivity index (χ3n) is 8.96. The van der Waals surface area contributed by atoms with Crippen molar-refractivity contribution in [3.05, 3.63) is 134 Å². The Balaban J connectivity index is 1.30. The van der Waals surface area contributed by atoms with Crippen LogP contribution >= 0.6 is 0 Å². The van der Waals surface area contributed by atoms with Crippen molar-refractivity contribution in [1.29, 1.82) is 0 Å². The topological polar surface area (TPSA) is 39.4 Å². The van der Waals surface area contributed by atoms with Gasteiger partial charge in [-0.25, -0.2) is 0 Å². The van der Waals surface area contributed by atoms with Crippen molar-refractivity contribution >= 4 is 76.4 Å². The predicted molar refractivity (Wildman–Crippen MR) is 177 cm³/mol. The molecule has 0 saturated heterocycles. The second kappa shape index (κ2) is 8.37. The van der Waals surface area contributed by atoms with Crippen LogP contribution in [0.1, 0.15) is 0 Å². The molecule has 0 amide bonds. The zero-order valence-corrected chi connectivity index (χ0v) is 22.9. The molecule has 0 atom stereocenters. The third kappa shape index (κ3) is 3.08. The maximum absolute atomic E-state index is 6.53. The Hall–Kier alpha value is -5.80. The lowest BCUT2D eigenvalue weighted by Gasteiger charge is -2.17. The Labute approximate surface area is 245 Å². The van der Waals surface area contributed by atoms with Gasteiger partial charge in [-0.1, -0.05) is 91.0 Å². The molecule has 0 spiro atoms. The summed E-state index contributed by atoms with van der Waals surface area (Å²) in [7, 11) is 0. The fourth-order valence-electron chi connectivity index (χ4n) is 7.11. The number of fused-ring (bicyclic) bond motifs is 10. The van der Waals surface area contributed by atoms with E-state index in [9.17, 15) is 0 Å². The molecule has 0 aliphatic carbocycles. The largest absolute Gasteiger partial charge is 0.464 e. The van der Waals surface area contributed by atoms with E-state index in [4.69, 9.17) is 13.3 Å². The zero-order valence-electron chi connectivity index (χ0n) is 22.9. The second-order valence-electron chi connectivity index (χ2n) is 11.2. The van der Waals surface area contributed by atoms with Crippen molar-refractivity contribution in [3.8, 4) is 22.3 Å². The van der Waals surface area contributed by atoms with Crippen molar-refractivity contribution < 1.29 is 13.3 Å². The van der Waals surface area contributed by atoms with E-state index in [0.29, 0.717) is 0 Å². The van der Waals surface area contributed by atoms with Crippen LogP contribution in [0.2, 0.25) is 0 Å². The summed E-state index contributed by atoms with van der Waals surface area (Å²) in [6, 6.07) is 44.9. The van der Waals surface area contributed by atoms with Crippen LogP contribution < -0.4 is 0 Å². The van der Waals surface area contributed by atoms with Gasteiger partial charge in [0.2, 0.25) is 0 Å². The highest BCUT2D eigenvalue weighted by Gasteiger charge is 2.21. The first-order chi connectivity index (χ1) is 21.3. The highest BCUT2D eigenvalue weighted by molar-refractivity contribution is 6.25. The van der Waals surface area contributed by atoms with Crippen LogP contribution in [0.15, 0.2) is 147 Å². The van der Waals surface area contributed by atoms with Gasteiger partial charge in [-0.3, -0.25) is 0 Å². The van der Waals surface area contributed by atoms with E-state index in [1.165, 1.54) is 32.7 Å². The molecule has 10 aromatic rings. The first-order valence-electron chi connectivity index (χ1n) is 14.5. The standard InChI is InChI=1S/C40H22O3/c1-3-11-28-26(9-1)37(23-16-17-25-31-18-19-34-32(20-21-41-34)39(31)43-36(25)22-23)27-10-2-4-12-29(27)38(28)33-14-7-13-30-24-8-5-6-15-35(24)42-40(30)33/h1-22H. The first kappa shape index (κ1) is 22.8. The molecule has 3 heteroatoms. The Morgan fingerprint density at radius 2 is 0.953 bits per heavy atom. The maximum atomic E-state index is 6.53. The number of hydrogen-bond acceptors (Lipinski definition) is 3. The van der Waals surface area contributed by atoms with Gasteiger partial charge in [0.1, 0.15) is 27.9 Å². The molecule has 0 aliphatic heterocycles. The Morgan fingerprint density at radius 1 is 0.349 bits per heavy atom. The molecule has 0 radical (unpaired) electrons. The first-order valence-corrected chi connectivity index (χ1v) is 14.5. The molecule has 0 N–H and O–H groups in total. The van der Waals surface area contributed by atoms with Crippen LogP contribution in [-0.2, 0) is 0 Å². The molecule has 10 rings (SSSR count). The van der Waals surface area contributed by atoms with E-state index in [1.807, 2.05) is 24.3 Å². The van der Waals surface area contributed by atoms with Crippen LogP contribution in [0.25, 0.3) is 98.6 Å². The summed E-state index contributed by atoms with van der Waals surface area (Å²) in [5, 5.41) is 10.2. The minimum absolute atomic E-state index is 0.832. The highest BCUT2D eigenvalue weighted by Crippen LogP contribution is 2.47. The molecule has 7 aromatic carbocycles. The number of benzene rings is 7. The fraction of sp³-hybridized carbons (Fsp3) is 0. The number of rotatable bonds is 2. The lowest BCUT2D eigenvalue weighted by atomic mass is 9.85. The average molecular weight is 551 g/mol. The van der Waals surface area contributed by atoms with Crippen LogP contribution in [-0.4, -0.2) is 0 Å². The van der Waals surface area contributed by atoms with E-state index in [-0.39, 0.29) is 0 Å². The van der Waals surface area contributed by atoms with Gasteiger partial charge in [0.25, 0.3) is 0 Å². The summed E-state index contributed by atoms with van der Waals surface area (Å²) < 4.78 is 18.7. The van der Waals surface area contributed by atoms with Crippen LogP contribution in [0.4, 0.5) is 0 Å². The van der Waals surface area contributed by atoms with Gasteiger partial charge in [0.05, 0.1) is 11.6 Å². The number of para-hydroxylation sites is 2. The van der Waals surface area contributed by atoms with Crippen LogP contribution in [0, 0.1) is 0 Å². The van der Waals surface area contributed by atoms with E-state index in [0.717, 1.165) is 66.0 Å². The average Bonchev–Trinajstić information content (AvgIpc) is 3.78. The summed E-state index contributed by atoms with van der Waals surface area (Å²) in [5.41, 5.74) is 8.99. The molecule has 200 valence electrons. The third-order valence-corrected chi connectivity index (χ3v) is 8.96. The van der Waals surface area contributed by atoms with Crippen molar-refractivity contribution in [3.63, 3.8) is 0 Å². The van der Waals surface area contributed by atoms with E-state index >= 15 is 0 Å². The Bertz CT molecular complexity index is 2680. The van der Waals surface area contributed by atoms with Gasteiger partial charge in [0, 0.05) is 32.7 Å². The van der Waals surface area contributed by atoms with Crippen molar-refractivity contribution in [2.24, 2.45) is 0 Å². The lowest BCUT2D eigenvalue weighted by Crippen LogP contribution is -1.91. The molecule has 0 bridgehead atoms. The van der Waals surface area contributed by atoms with Crippen molar-refractivity contribution in [2.45, 2.75) is 0 Å². The van der Waals surface area contributed by atoms with E-state index < -0.39 is 0 Å². The normalized spacial score (nSPS) is 12.2. The van der Waals surface area contributed by atoms with Gasteiger partial charge in [-0.05, 0) is 69.1 Å². The molecular weight excluding hydrogens is 528 g/mol. The Morgan fingerprint density at radius 3 is 1.74 bits per heavy atom. The monoisotopic (exact) mass is 550 g/mol. The summed E-state index contributed by atoms with van der Waals surface area (Å²) in [4.78, 5) is 0. The molecule has 0 saturated carbocycles. The fourth-order valence-corrected chi connectivity index (χ4v) is 7.11. The number of hydrogen-bond donors (Lipinski definition) is 0. The molecule has 0 aliphatic rings. The second-order valence-corrected chi connectivity index (χ2v) is 11.2. The van der Waals surface area contributed by atoms with Crippen LogP contribution in [0.5, 0.6) is 0 Å². The van der Waals surface area contributed by atoms with Gasteiger partial charge >= 0.3 is 0 Å².